The lowest BCUT2D eigenvalue weighted by Gasteiger charge is -2.35. The van der Waals surface area contributed by atoms with Gasteiger partial charge in [0.15, 0.2) is 7.60 Å². The molecule has 0 bridgehead atoms. The van der Waals surface area contributed by atoms with Crippen LogP contribution in [0.25, 0.3) is 0 Å². The molecule has 92 valence electrons. The Morgan fingerprint density at radius 2 is 1.67 bits per heavy atom. The summed E-state index contributed by atoms with van der Waals surface area (Å²) in [6, 6.07) is 0. The summed E-state index contributed by atoms with van der Waals surface area (Å²) in [5.41, 5.74) is 0. The first-order valence-electron chi connectivity index (χ1n) is 3.78. The van der Waals surface area contributed by atoms with E-state index in [1.165, 1.54) is 0 Å². The second-order valence-corrected chi connectivity index (χ2v) is 9.62. The zero-order chi connectivity index (χ0) is 12.5. The molecule has 0 amide bonds. The van der Waals surface area contributed by atoms with Gasteiger partial charge in [0.1, 0.15) is 5.75 Å². The van der Waals surface area contributed by atoms with Crippen LogP contribution in [0, 0.1) is 0 Å². The third-order valence-electron chi connectivity index (χ3n) is 1.76. The Balaban J connectivity index is 5.08. The van der Waals surface area contributed by atoms with Gasteiger partial charge < -0.3 is 29.2 Å². The van der Waals surface area contributed by atoms with Crippen LogP contribution < -0.4 is 4.89 Å². The van der Waals surface area contributed by atoms with E-state index in [-0.39, 0.29) is 16.6 Å². The minimum absolute atomic E-state index is 0.0917. The highest BCUT2D eigenvalue weighted by Gasteiger charge is 2.53. The monoisotopic (exact) mass is 280 g/mol. The van der Waals surface area contributed by atoms with E-state index in [0.29, 0.717) is 0 Å². The summed E-state index contributed by atoms with van der Waals surface area (Å²) in [5, 5.41) is 5.99. The van der Waals surface area contributed by atoms with E-state index in [0.717, 1.165) is 0 Å². The van der Waals surface area contributed by atoms with Crippen LogP contribution in [0.2, 0.25) is 0 Å². The van der Waals surface area contributed by atoms with Crippen molar-refractivity contribution in [1.29, 1.82) is 0 Å². The summed E-state index contributed by atoms with van der Waals surface area (Å²) in [4.78, 5) is 36.8. The van der Waals surface area contributed by atoms with Gasteiger partial charge in [-0.15, -0.1) is 0 Å². The lowest BCUT2D eigenvalue weighted by molar-refractivity contribution is -0.206. The summed E-state index contributed by atoms with van der Waals surface area (Å²) in [7, 11) is -11.2. The molecule has 0 radical (unpaired) electrons. The molecule has 0 aliphatic heterocycles. The van der Waals surface area contributed by atoms with E-state index in [1.54, 1.807) is 12.5 Å². The minimum atomic E-state index is -5.52. The Labute approximate surface area is 90.2 Å². The SMILES string of the molecule is C[S+](C)CCC(O)(P(=O)([O-])O)P(=O)(O)O. The lowest BCUT2D eigenvalue weighted by atomic mass is 10.5. The average Bonchev–Trinajstić information content (AvgIpc) is 1.95. The topological polar surface area (TPSA) is 138 Å². The zero-order valence-corrected chi connectivity index (χ0v) is 10.8. The Morgan fingerprint density at radius 1 is 1.27 bits per heavy atom. The van der Waals surface area contributed by atoms with Crippen molar-refractivity contribution in [3.05, 3.63) is 0 Å². The molecule has 0 aromatic rings. The Bertz CT molecular complexity index is 283. The van der Waals surface area contributed by atoms with Gasteiger partial charge >= 0.3 is 7.60 Å². The molecule has 0 aliphatic rings. The molecule has 15 heavy (non-hydrogen) atoms. The Morgan fingerprint density at radius 3 is 1.87 bits per heavy atom. The van der Waals surface area contributed by atoms with Crippen LogP contribution in [0.5, 0.6) is 0 Å². The molecule has 0 heterocycles. The van der Waals surface area contributed by atoms with Gasteiger partial charge in [-0.25, -0.2) is 0 Å². The summed E-state index contributed by atoms with van der Waals surface area (Å²) < 4.78 is 21.6. The molecule has 2 atom stereocenters. The van der Waals surface area contributed by atoms with Crippen molar-refractivity contribution < 1.29 is 33.8 Å². The van der Waals surface area contributed by atoms with Crippen molar-refractivity contribution in [3.8, 4) is 0 Å². The molecule has 2 unspecified atom stereocenters. The first-order chi connectivity index (χ1) is 6.42. The van der Waals surface area contributed by atoms with Crippen molar-refractivity contribution >= 4 is 26.1 Å². The van der Waals surface area contributed by atoms with Gasteiger partial charge in [-0.2, -0.15) is 0 Å². The van der Waals surface area contributed by atoms with E-state index >= 15 is 0 Å². The van der Waals surface area contributed by atoms with Crippen LogP contribution in [0.3, 0.4) is 0 Å². The summed E-state index contributed by atoms with van der Waals surface area (Å²) >= 11 is 0. The second-order valence-electron chi connectivity index (χ2n) is 3.28. The predicted molar refractivity (Wildman–Crippen MR) is 55.5 cm³/mol. The van der Waals surface area contributed by atoms with E-state index in [2.05, 4.69) is 0 Å². The fourth-order valence-electron chi connectivity index (χ4n) is 0.793. The molecule has 0 spiro atoms. The second kappa shape index (κ2) is 4.85. The average molecular weight is 280 g/mol. The molecule has 0 saturated carbocycles. The van der Waals surface area contributed by atoms with Gasteiger partial charge in [0.2, 0.25) is 5.08 Å². The summed E-state index contributed by atoms with van der Waals surface area (Å²) in [6.45, 7) is 0. The predicted octanol–water partition coefficient (Wildman–Crippen LogP) is -1.38. The van der Waals surface area contributed by atoms with Crippen LogP contribution in [0.1, 0.15) is 6.42 Å². The fourth-order valence-corrected chi connectivity index (χ4v) is 3.91. The highest BCUT2D eigenvalue weighted by Crippen LogP contribution is 2.66. The molecule has 0 aliphatic carbocycles. The fraction of sp³-hybridized carbons (Fsp3) is 1.00. The first kappa shape index (κ1) is 15.6. The molecule has 10 heteroatoms. The Hall–Kier alpha value is 0.610. The quantitative estimate of drug-likeness (QED) is 0.360. The third-order valence-corrected chi connectivity index (χ3v) is 6.61. The van der Waals surface area contributed by atoms with Crippen molar-refractivity contribution in [1.82, 2.24) is 0 Å². The van der Waals surface area contributed by atoms with Gasteiger partial charge in [0.05, 0.1) is 12.5 Å². The zero-order valence-electron chi connectivity index (χ0n) is 8.23. The maximum absolute atomic E-state index is 10.8. The van der Waals surface area contributed by atoms with Gasteiger partial charge in [-0.05, 0) is 10.9 Å². The minimum Gasteiger partial charge on any atom is -0.776 e. The van der Waals surface area contributed by atoms with Crippen molar-refractivity contribution in [2.24, 2.45) is 0 Å². The summed E-state index contributed by atoms with van der Waals surface area (Å²) in [6.07, 6.45) is 2.74. The van der Waals surface area contributed by atoms with E-state index < -0.39 is 26.7 Å². The highest BCUT2D eigenvalue weighted by molar-refractivity contribution is 7.95. The smallest absolute Gasteiger partial charge is 0.365 e. The van der Waals surface area contributed by atoms with Crippen LogP contribution in [-0.4, -0.2) is 43.1 Å². The van der Waals surface area contributed by atoms with Crippen LogP contribution in [0.4, 0.5) is 0 Å². The molecular formula is C5H14O7P2S. The number of rotatable bonds is 5. The maximum Gasteiger partial charge on any atom is 0.365 e. The van der Waals surface area contributed by atoms with Gasteiger partial charge in [0.25, 0.3) is 0 Å². The van der Waals surface area contributed by atoms with Crippen molar-refractivity contribution in [3.63, 3.8) is 0 Å². The molecule has 4 N–H and O–H groups in total. The number of hydrogen-bond acceptors (Lipinski definition) is 4. The lowest BCUT2D eigenvalue weighted by Crippen LogP contribution is -2.35. The molecule has 0 aromatic carbocycles. The van der Waals surface area contributed by atoms with Gasteiger partial charge in [0, 0.05) is 6.42 Å². The standard InChI is InChI=1S/C5H14O7P2S/c1-15(2)4-3-5(6,13(7,8)9)14(10,11)12/h6H,3-4H2,1-2H3,(H3-,7,8,9,10,11,12). The highest BCUT2D eigenvalue weighted by atomic mass is 32.2. The Kier molecular flexibility index (Phi) is 5.05. The van der Waals surface area contributed by atoms with Gasteiger partial charge in [-0.3, -0.25) is 4.57 Å². The molecule has 0 rings (SSSR count). The van der Waals surface area contributed by atoms with Crippen molar-refractivity contribution in [2.45, 2.75) is 11.5 Å². The van der Waals surface area contributed by atoms with Gasteiger partial charge in [-0.1, -0.05) is 0 Å². The number of aliphatic hydroxyl groups is 1. The summed E-state index contributed by atoms with van der Waals surface area (Å²) in [5.74, 6) is 0.0917. The number of hydrogen-bond donors (Lipinski definition) is 4. The molecule has 0 fully saturated rings. The molecular weight excluding hydrogens is 266 g/mol. The molecule has 0 saturated heterocycles. The van der Waals surface area contributed by atoms with Crippen LogP contribution in [0.15, 0.2) is 0 Å². The van der Waals surface area contributed by atoms with Crippen LogP contribution >= 0.6 is 15.2 Å². The normalized spacial score (nSPS) is 21.1. The maximum atomic E-state index is 10.8. The first-order valence-corrected chi connectivity index (χ1v) is 9.18. The molecule has 0 aromatic heterocycles. The van der Waals surface area contributed by atoms with E-state index in [4.69, 9.17) is 14.7 Å². The largest absolute Gasteiger partial charge is 0.776 e. The van der Waals surface area contributed by atoms with Crippen LogP contribution in [-0.2, 0) is 20.0 Å². The molecule has 7 nitrogen and oxygen atoms in total. The third kappa shape index (κ3) is 3.84. The van der Waals surface area contributed by atoms with Crippen molar-refractivity contribution in [2.75, 3.05) is 18.3 Å². The van der Waals surface area contributed by atoms with E-state index in [1.807, 2.05) is 0 Å². The van der Waals surface area contributed by atoms with E-state index in [9.17, 15) is 19.1 Å².